The summed E-state index contributed by atoms with van der Waals surface area (Å²) in [5.41, 5.74) is -4.28. The lowest BCUT2D eigenvalue weighted by atomic mass is 9.92. The third-order valence-corrected chi connectivity index (χ3v) is 4.48. The monoisotopic (exact) mass is 364 g/mol. The van der Waals surface area contributed by atoms with Crippen LogP contribution in [0.3, 0.4) is 0 Å². The van der Waals surface area contributed by atoms with Crippen molar-refractivity contribution in [2.45, 2.75) is 62.0 Å². The molecule has 1 heterocycles. The van der Waals surface area contributed by atoms with E-state index in [1.54, 1.807) is 0 Å². The third kappa shape index (κ3) is 2.39. The van der Waals surface area contributed by atoms with Crippen LogP contribution in [0.2, 0.25) is 0 Å². The molecule has 0 radical (unpaired) electrons. The largest absolute Gasteiger partial charge is 0.435 e. The molecule has 0 unspecified atom stereocenters. The minimum atomic E-state index is -5.21. The Balaban J connectivity index is 2.11. The number of hydrogen-bond acceptors (Lipinski definition) is 2. The van der Waals surface area contributed by atoms with Crippen molar-refractivity contribution in [2.75, 3.05) is 0 Å². The number of hydrogen-bond donors (Lipinski definition) is 1. The number of alkyl halides is 8. The van der Waals surface area contributed by atoms with Gasteiger partial charge < -0.3 is 5.11 Å². The van der Waals surface area contributed by atoms with Gasteiger partial charge in [0.2, 0.25) is 6.17 Å². The van der Waals surface area contributed by atoms with Crippen LogP contribution in [0, 0.1) is 0 Å². The van der Waals surface area contributed by atoms with Gasteiger partial charge in [-0.05, 0) is 12.8 Å². The minimum Gasteiger partial charge on any atom is -0.382 e. The Hall–Kier alpha value is -1.39. The summed E-state index contributed by atoms with van der Waals surface area (Å²) in [6.07, 6.45) is -16.4. The highest BCUT2D eigenvalue weighted by Crippen LogP contribution is 2.56. The fraction of sp³-hybridized carbons (Fsp3) is 0.769. The summed E-state index contributed by atoms with van der Waals surface area (Å²) in [6, 6.07) is -1.20. The molecule has 1 N–H and O–H groups in total. The molecule has 0 spiro atoms. The molecule has 0 bridgehead atoms. The van der Waals surface area contributed by atoms with Crippen LogP contribution in [0.1, 0.15) is 54.5 Å². The smallest absolute Gasteiger partial charge is 0.382 e. The molecule has 1 aromatic heterocycles. The SMILES string of the molecule is O[C@H]1c2c(C(F)(F)F)nn([C@H]3CC[C@H](F)[C@H](F)C3)c2[C@H](F)C1(F)F. The van der Waals surface area contributed by atoms with Crippen LogP contribution >= 0.6 is 0 Å². The molecule has 3 rings (SSSR count). The van der Waals surface area contributed by atoms with E-state index < -0.39 is 66.1 Å². The Morgan fingerprint density at radius 2 is 1.71 bits per heavy atom. The summed E-state index contributed by atoms with van der Waals surface area (Å²) in [6.45, 7) is 0. The van der Waals surface area contributed by atoms with Crippen LogP contribution in [0.25, 0.3) is 0 Å². The molecule has 0 saturated heterocycles. The van der Waals surface area contributed by atoms with Gasteiger partial charge >= 0.3 is 12.1 Å². The highest BCUT2D eigenvalue weighted by atomic mass is 19.4. The van der Waals surface area contributed by atoms with Crippen LogP contribution in [0.15, 0.2) is 0 Å². The van der Waals surface area contributed by atoms with Crippen molar-refractivity contribution in [3.05, 3.63) is 17.0 Å². The van der Waals surface area contributed by atoms with Gasteiger partial charge in [0.25, 0.3) is 0 Å². The Morgan fingerprint density at radius 1 is 1.08 bits per heavy atom. The zero-order valence-corrected chi connectivity index (χ0v) is 11.9. The average molecular weight is 364 g/mol. The van der Waals surface area contributed by atoms with Gasteiger partial charge in [0, 0.05) is 12.0 Å². The van der Waals surface area contributed by atoms with Crippen molar-refractivity contribution in [1.29, 1.82) is 0 Å². The van der Waals surface area contributed by atoms with E-state index in [1.165, 1.54) is 0 Å². The highest BCUT2D eigenvalue weighted by Gasteiger charge is 2.62. The van der Waals surface area contributed by atoms with Gasteiger partial charge in [0.1, 0.15) is 18.4 Å². The first-order valence-corrected chi connectivity index (χ1v) is 7.13. The van der Waals surface area contributed by atoms with E-state index in [-0.39, 0.29) is 12.8 Å². The zero-order chi connectivity index (χ0) is 18.0. The summed E-state index contributed by atoms with van der Waals surface area (Å²) in [5, 5.41) is 12.6. The first-order chi connectivity index (χ1) is 11.0. The molecule has 1 saturated carbocycles. The Kier molecular flexibility index (Phi) is 3.85. The lowest BCUT2D eigenvalue weighted by Crippen LogP contribution is -2.32. The molecule has 5 atom stereocenters. The van der Waals surface area contributed by atoms with Crippen molar-refractivity contribution in [2.24, 2.45) is 0 Å². The fourth-order valence-corrected chi connectivity index (χ4v) is 3.26. The van der Waals surface area contributed by atoms with E-state index in [2.05, 4.69) is 5.10 Å². The standard InChI is InChI=1S/C13H12F8N2O/c14-5-2-1-4(3-6(5)15)23-8-7(10(22-23)13(19,20)21)11(24)12(17,18)9(8)16/h4-6,9,11,24H,1-3H2/t4-,5-,6+,9-,11-/m0/s1. The maximum Gasteiger partial charge on any atom is 0.435 e. The molecule has 3 nitrogen and oxygen atoms in total. The number of aromatic nitrogens is 2. The van der Waals surface area contributed by atoms with E-state index in [9.17, 15) is 40.2 Å². The first kappa shape index (κ1) is 17.4. The van der Waals surface area contributed by atoms with Crippen molar-refractivity contribution in [3.8, 4) is 0 Å². The van der Waals surface area contributed by atoms with E-state index in [1.807, 2.05) is 0 Å². The van der Waals surface area contributed by atoms with E-state index >= 15 is 0 Å². The summed E-state index contributed by atoms with van der Waals surface area (Å²) >= 11 is 0. The van der Waals surface area contributed by atoms with Crippen molar-refractivity contribution in [3.63, 3.8) is 0 Å². The van der Waals surface area contributed by atoms with Gasteiger partial charge in [-0.25, -0.2) is 13.2 Å². The lowest BCUT2D eigenvalue weighted by molar-refractivity contribution is -0.157. The summed E-state index contributed by atoms with van der Waals surface area (Å²) in [7, 11) is 0. The maximum atomic E-state index is 14.0. The van der Waals surface area contributed by atoms with Crippen molar-refractivity contribution in [1.82, 2.24) is 9.78 Å². The first-order valence-electron chi connectivity index (χ1n) is 7.13. The predicted octanol–water partition coefficient (Wildman–Crippen LogP) is 4.00. The van der Waals surface area contributed by atoms with Gasteiger partial charge in [0.15, 0.2) is 5.69 Å². The van der Waals surface area contributed by atoms with Gasteiger partial charge in [-0.3, -0.25) is 4.68 Å². The summed E-state index contributed by atoms with van der Waals surface area (Å²) in [5.74, 6) is -4.46. The topological polar surface area (TPSA) is 38.1 Å². The van der Waals surface area contributed by atoms with Gasteiger partial charge in [0.05, 0.1) is 11.7 Å². The van der Waals surface area contributed by atoms with Crippen molar-refractivity contribution < 1.29 is 40.2 Å². The second-order valence-corrected chi connectivity index (χ2v) is 6.03. The Morgan fingerprint density at radius 3 is 2.25 bits per heavy atom. The molecule has 1 fully saturated rings. The summed E-state index contributed by atoms with van der Waals surface area (Å²) < 4.78 is 107. The Bertz CT molecular complexity index is 643. The molecule has 136 valence electrons. The second kappa shape index (κ2) is 5.30. The molecule has 2 aliphatic carbocycles. The van der Waals surface area contributed by atoms with Crippen molar-refractivity contribution >= 4 is 0 Å². The molecule has 0 amide bonds. The normalized spacial score (nSPS) is 36.0. The molecule has 24 heavy (non-hydrogen) atoms. The number of aliphatic hydroxyl groups excluding tert-OH is 1. The molecule has 0 aliphatic heterocycles. The Labute approximate surface area is 130 Å². The van der Waals surface area contributed by atoms with Crippen LogP contribution in [0.5, 0.6) is 0 Å². The molecule has 2 aliphatic rings. The molecular formula is C13H12F8N2O. The van der Waals surface area contributed by atoms with Crippen LogP contribution < -0.4 is 0 Å². The molecule has 0 aromatic carbocycles. The van der Waals surface area contributed by atoms with E-state index in [0.29, 0.717) is 4.68 Å². The number of halogens is 8. The fourth-order valence-electron chi connectivity index (χ4n) is 3.26. The van der Waals surface area contributed by atoms with Crippen LogP contribution in [-0.4, -0.2) is 33.2 Å². The third-order valence-electron chi connectivity index (χ3n) is 4.48. The number of rotatable bonds is 1. The van der Waals surface area contributed by atoms with E-state index in [4.69, 9.17) is 0 Å². The minimum absolute atomic E-state index is 0.179. The molecular weight excluding hydrogens is 352 g/mol. The maximum absolute atomic E-state index is 14.0. The highest BCUT2D eigenvalue weighted by molar-refractivity contribution is 5.40. The van der Waals surface area contributed by atoms with Gasteiger partial charge in [-0.15, -0.1) is 0 Å². The van der Waals surface area contributed by atoms with Crippen LogP contribution in [0.4, 0.5) is 35.1 Å². The second-order valence-electron chi connectivity index (χ2n) is 6.03. The number of nitrogens with zero attached hydrogens (tertiary/aromatic N) is 2. The molecule has 11 heteroatoms. The zero-order valence-electron chi connectivity index (χ0n) is 11.9. The predicted molar refractivity (Wildman–Crippen MR) is 63.7 cm³/mol. The average Bonchev–Trinajstić information content (AvgIpc) is 2.94. The van der Waals surface area contributed by atoms with Gasteiger partial charge in [-0.1, -0.05) is 0 Å². The molecule has 1 aromatic rings. The van der Waals surface area contributed by atoms with E-state index in [0.717, 1.165) is 0 Å². The quantitative estimate of drug-likeness (QED) is 0.765. The summed E-state index contributed by atoms with van der Waals surface area (Å²) in [4.78, 5) is 0. The number of fused-ring (bicyclic) bond motifs is 1. The number of aliphatic hydroxyl groups is 1. The van der Waals surface area contributed by atoms with Gasteiger partial charge in [-0.2, -0.15) is 27.1 Å². The van der Waals surface area contributed by atoms with Crippen LogP contribution in [-0.2, 0) is 6.18 Å². The lowest BCUT2D eigenvalue weighted by Gasteiger charge is -2.29.